The molecule has 3 nitrogen and oxygen atoms in total. The van der Waals surface area contributed by atoms with E-state index < -0.39 is 0 Å². The molecule has 0 spiro atoms. The van der Waals surface area contributed by atoms with Crippen LogP contribution in [0.25, 0.3) is 0 Å². The Hall–Kier alpha value is -1.35. The lowest BCUT2D eigenvalue weighted by Gasteiger charge is -2.22. The lowest BCUT2D eigenvalue weighted by atomic mass is 9.84. The third-order valence-corrected chi connectivity index (χ3v) is 4.06. The maximum Gasteiger partial charge on any atom is 0.228 e. The van der Waals surface area contributed by atoms with Gasteiger partial charge in [-0.3, -0.25) is 4.79 Å². The van der Waals surface area contributed by atoms with E-state index in [4.69, 9.17) is 5.73 Å². The van der Waals surface area contributed by atoms with Crippen molar-refractivity contribution in [3.05, 3.63) is 29.8 Å². The third kappa shape index (κ3) is 3.80. The summed E-state index contributed by atoms with van der Waals surface area (Å²) in [4.78, 5) is 11.7. The Morgan fingerprint density at radius 2 is 1.89 bits per heavy atom. The van der Waals surface area contributed by atoms with Crippen LogP contribution < -0.4 is 11.1 Å². The Morgan fingerprint density at radius 1 is 1.26 bits per heavy atom. The molecule has 0 heterocycles. The van der Waals surface area contributed by atoms with Gasteiger partial charge in [0.05, 0.1) is 0 Å². The molecule has 3 heteroatoms. The zero-order valence-corrected chi connectivity index (χ0v) is 11.7. The van der Waals surface area contributed by atoms with E-state index in [1.165, 1.54) is 37.7 Å². The molecule has 0 radical (unpaired) electrons. The van der Waals surface area contributed by atoms with E-state index >= 15 is 0 Å². The molecule has 0 aromatic heterocycles. The molecule has 1 unspecified atom stereocenters. The van der Waals surface area contributed by atoms with E-state index in [2.05, 4.69) is 17.4 Å². The van der Waals surface area contributed by atoms with E-state index in [9.17, 15) is 4.79 Å². The normalized spacial score (nSPS) is 18.0. The zero-order valence-electron chi connectivity index (χ0n) is 11.7. The van der Waals surface area contributed by atoms with E-state index in [1.807, 2.05) is 19.1 Å². The van der Waals surface area contributed by atoms with Crippen molar-refractivity contribution >= 4 is 11.6 Å². The number of carbonyl (C=O) groups excluding carboxylic acids is 1. The molecule has 1 aromatic carbocycles. The summed E-state index contributed by atoms with van der Waals surface area (Å²) in [6.45, 7) is 2.22. The predicted molar refractivity (Wildman–Crippen MR) is 79.1 cm³/mol. The number of carbonyl (C=O) groups is 1. The van der Waals surface area contributed by atoms with Crippen molar-refractivity contribution in [2.45, 2.75) is 44.9 Å². The highest BCUT2D eigenvalue weighted by molar-refractivity contribution is 5.92. The van der Waals surface area contributed by atoms with E-state index in [0.29, 0.717) is 12.5 Å². The molecule has 1 aliphatic rings. The molecule has 1 fully saturated rings. The largest absolute Gasteiger partial charge is 0.330 e. The first-order valence-electron chi connectivity index (χ1n) is 7.31. The number of nitrogens with one attached hydrogen (secondary N) is 1. The second-order valence-electron chi connectivity index (χ2n) is 5.58. The van der Waals surface area contributed by atoms with Gasteiger partial charge in [0.25, 0.3) is 0 Å². The summed E-state index contributed by atoms with van der Waals surface area (Å²) >= 11 is 0. The zero-order chi connectivity index (χ0) is 13.7. The van der Waals surface area contributed by atoms with Crippen molar-refractivity contribution in [3.8, 4) is 0 Å². The molecule has 1 aliphatic carbocycles. The van der Waals surface area contributed by atoms with Gasteiger partial charge in [0.15, 0.2) is 0 Å². The first-order chi connectivity index (χ1) is 9.20. The quantitative estimate of drug-likeness (QED) is 0.873. The molecule has 1 aromatic rings. The van der Waals surface area contributed by atoms with E-state index in [1.54, 1.807) is 0 Å². The molecule has 19 heavy (non-hydrogen) atoms. The molecule has 3 N–H and O–H groups in total. The van der Waals surface area contributed by atoms with Gasteiger partial charge in [0.1, 0.15) is 0 Å². The molecular weight excluding hydrogens is 236 g/mol. The molecule has 1 amide bonds. The number of benzene rings is 1. The van der Waals surface area contributed by atoms with Crippen molar-refractivity contribution in [2.75, 3.05) is 11.9 Å². The van der Waals surface area contributed by atoms with E-state index in [0.717, 1.165) is 5.69 Å². The summed E-state index contributed by atoms with van der Waals surface area (Å²) in [5.74, 6) is 0.562. The number of rotatable bonds is 4. The maximum atomic E-state index is 11.7. The topological polar surface area (TPSA) is 55.1 Å². The summed E-state index contributed by atoms with van der Waals surface area (Å²) < 4.78 is 0. The average molecular weight is 260 g/mol. The van der Waals surface area contributed by atoms with Crippen LogP contribution in [0, 0.1) is 5.92 Å². The number of nitrogens with two attached hydrogens (primary N) is 1. The Labute approximate surface area is 115 Å². The van der Waals surface area contributed by atoms with Crippen LogP contribution in [0.4, 0.5) is 5.69 Å². The Balaban J connectivity index is 1.96. The number of anilines is 1. The summed E-state index contributed by atoms with van der Waals surface area (Å²) in [6.07, 6.45) is 6.67. The lowest BCUT2D eigenvalue weighted by Crippen LogP contribution is -2.26. The van der Waals surface area contributed by atoms with Gasteiger partial charge >= 0.3 is 0 Å². The minimum Gasteiger partial charge on any atom is -0.330 e. The number of hydrogen-bond acceptors (Lipinski definition) is 2. The smallest absolute Gasteiger partial charge is 0.228 e. The molecule has 0 aliphatic heterocycles. The minimum absolute atomic E-state index is 0.00656. The second kappa shape index (κ2) is 6.71. The van der Waals surface area contributed by atoms with Crippen molar-refractivity contribution in [1.29, 1.82) is 0 Å². The summed E-state index contributed by atoms with van der Waals surface area (Å²) in [5.41, 5.74) is 7.76. The van der Waals surface area contributed by atoms with Crippen LogP contribution in [0.1, 0.15) is 50.5 Å². The van der Waals surface area contributed by atoms with Crippen LogP contribution in [0.5, 0.6) is 0 Å². The van der Waals surface area contributed by atoms with Crippen molar-refractivity contribution in [3.63, 3.8) is 0 Å². The number of hydrogen-bond donors (Lipinski definition) is 2. The highest BCUT2D eigenvalue weighted by Crippen LogP contribution is 2.32. The number of amides is 1. The molecule has 2 rings (SSSR count). The van der Waals surface area contributed by atoms with Crippen LogP contribution in [-0.2, 0) is 4.79 Å². The van der Waals surface area contributed by atoms with Crippen molar-refractivity contribution in [2.24, 2.45) is 11.7 Å². The minimum atomic E-state index is -0.141. The molecule has 1 atom stereocenters. The van der Waals surface area contributed by atoms with Gasteiger partial charge < -0.3 is 11.1 Å². The molecule has 1 saturated carbocycles. The molecular formula is C16H24N2O. The van der Waals surface area contributed by atoms with Crippen LogP contribution in [-0.4, -0.2) is 12.5 Å². The molecule has 0 bridgehead atoms. The van der Waals surface area contributed by atoms with Gasteiger partial charge in [-0.05, 0) is 36.5 Å². The highest BCUT2D eigenvalue weighted by Gasteiger charge is 2.15. The summed E-state index contributed by atoms with van der Waals surface area (Å²) in [5, 5.41) is 2.90. The fourth-order valence-electron chi connectivity index (χ4n) is 2.65. The van der Waals surface area contributed by atoms with Gasteiger partial charge in [0, 0.05) is 18.2 Å². The Kier molecular flexibility index (Phi) is 4.97. The fourth-order valence-corrected chi connectivity index (χ4v) is 2.65. The first-order valence-corrected chi connectivity index (χ1v) is 7.31. The fraction of sp³-hybridized carbons (Fsp3) is 0.562. The van der Waals surface area contributed by atoms with Gasteiger partial charge in [-0.15, -0.1) is 0 Å². The van der Waals surface area contributed by atoms with Gasteiger partial charge in [-0.2, -0.15) is 0 Å². The third-order valence-electron chi connectivity index (χ3n) is 4.06. The van der Waals surface area contributed by atoms with Crippen LogP contribution >= 0.6 is 0 Å². The monoisotopic (exact) mass is 260 g/mol. The standard InChI is InChI=1S/C16H24N2O/c1-12(11-17)16(19)18-15-9-7-14(8-10-15)13-5-3-2-4-6-13/h7-10,12-13H,2-6,11,17H2,1H3,(H,18,19). The molecule has 104 valence electrons. The van der Waals surface area contributed by atoms with Gasteiger partial charge in [-0.1, -0.05) is 38.3 Å². The first kappa shape index (κ1) is 14.1. The van der Waals surface area contributed by atoms with E-state index in [-0.39, 0.29) is 11.8 Å². The lowest BCUT2D eigenvalue weighted by molar-refractivity contribution is -0.119. The van der Waals surface area contributed by atoms with Crippen molar-refractivity contribution in [1.82, 2.24) is 0 Å². The predicted octanol–water partition coefficient (Wildman–Crippen LogP) is 3.27. The van der Waals surface area contributed by atoms with Gasteiger partial charge in [-0.25, -0.2) is 0 Å². The average Bonchev–Trinajstić information content (AvgIpc) is 2.48. The molecule has 0 saturated heterocycles. The van der Waals surface area contributed by atoms with Crippen LogP contribution in [0.2, 0.25) is 0 Å². The van der Waals surface area contributed by atoms with Crippen LogP contribution in [0.15, 0.2) is 24.3 Å². The SMILES string of the molecule is CC(CN)C(=O)Nc1ccc(C2CCCCC2)cc1. The summed E-state index contributed by atoms with van der Waals surface area (Å²) in [7, 11) is 0. The van der Waals surface area contributed by atoms with Crippen LogP contribution in [0.3, 0.4) is 0 Å². The second-order valence-corrected chi connectivity index (χ2v) is 5.58. The Morgan fingerprint density at radius 3 is 2.47 bits per heavy atom. The van der Waals surface area contributed by atoms with Gasteiger partial charge in [0.2, 0.25) is 5.91 Å². The Bertz CT molecular complexity index is 407. The highest BCUT2D eigenvalue weighted by atomic mass is 16.1. The summed E-state index contributed by atoms with van der Waals surface area (Å²) in [6, 6.07) is 8.31. The van der Waals surface area contributed by atoms with Crippen molar-refractivity contribution < 1.29 is 4.79 Å². The maximum absolute atomic E-state index is 11.7.